The van der Waals surface area contributed by atoms with Gasteiger partial charge in [-0.05, 0) is 29.8 Å². The lowest BCUT2D eigenvalue weighted by molar-refractivity contribution is 0.153. The van der Waals surface area contributed by atoms with Crippen molar-refractivity contribution in [3.63, 3.8) is 0 Å². The molecule has 0 saturated carbocycles. The summed E-state index contributed by atoms with van der Waals surface area (Å²) in [5.74, 6) is 1.15. The number of methoxy groups -OCH3 is 1. The highest BCUT2D eigenvalue weighted by molar-refractivity contribution is 14.1. The minimum absolute atomic E-state index is 0.234. The Hall–Kier alpha value is -3.18. The Morgan fingerprint density at radius 3 is 2.45 bits per heavy atom. The number of fused-ring (bicyclic) bond motifs is 1. The van der Waals surface area contributed by atoms with E-state index in [4.69, 9.17) is 9.47 Å². The van der Waals surface area contributed by atoms with Gasteiger partial charge in [0.15, 0.2) is 0 Å². The zero-order valence-corrected chi connectivity index (χ0v) is 20.2. The molecule has 0 aliphatic carbocycles. The van der Waals surface area contributed by atoms with Crippen LogP contribution in [0.1, 0.15) is 0 Å². The van der Waals surface area contributed by atoms with E-state index >= 15 is 0 Å². The topological polar surface area (TPSA) is 89.2 Å². The number of carboxylic acid groups (broad SMARTS) is 1. The maximum Gasteiger partial charge on any atom is 0.413 e. The molecule has 0 aliphatic rings. The van der Waals surface area contributed by atoms with Crippen molar-refractivity contribution in [2.75, 3.05) is 36.2 Å². The summed E-state index contributed by atoms with van der Waals surface area (Å²) in [5.41, 5.74) is 4.59. The molecule has 3 heterocycles. The molecule has 0 unspecified atom stereocenters. The predicted octanol–water partition coefficient (Wildman–Crippen LogP) is 5.01. The number of rotatable bonds is 9. The number of ether oxygens (including phenoxy) is 2. The molecule has 0 atom stereocenters. The number of hydrogen-bond donors (Lipinski definition) is 1. The van der Waals surface area contributed by atoms with Crippen molar-refractivity contribution >= 4 is 40.1 Å². The fourth-order valence-electron chi connectivity index (χ4n) is 3.40. The summed E-state index contributed by atoms with van der Waals surface area (Å²) in [6, 6.07) is 15.4. The van der Waals surface area contributed by atoms with E-state index in [-0.39, 0.29) is 6.54 Å². The highest BCUT2D eigenvalue weighted by Gasteiger charge is 2.15. The molecule has 4 aromatic rings. The van der Waals surface area contributed by atoms with Crippen LogP contribution in [0.2, 0.25) is 0 Å². The summed E-state index contributed by atoms with van der Waals surface area (Å²) in [5, 5.41) is 9.50. The van der Waals surface area contributed by atoms with Gasteiger partial charge in [-0.25, -0.2) is 14.8 Å². The first-order valence-corrected chi connectivity index (χ1v) is 11.9. The van der Waals surface area contributed by atoms with Crippen molar-refractivity contribution in [2.45, 2.75) is 0 Å². The van der Waals surface area contributed by atoms with E-state index in [9.17, 15) is 9.90 Å². The second kappa shape index (κ2) is 10.6. The predicted molar refractivity (Wildman–Crippen MR) is 135 cm³/mol. The quantitative estimate of drug-likeness (QED) is 0.177. The molecule has 170 valence electrons. The Balaban J connectivity index is 1.49. The molecule has 3 aromatic heterocycles. The normalized spacial score (nSPS) is 11.0. The van der Waals surface area contributed by atoms with E-state index in [0.29, 0.717) is 19.0 Å². The first-order chi connectivity index (χ1) is 16.1. The molecule has 0 fully saturated rings. The monoisotopic (exact) mass is 558 g/mol. The van der Waals surface area contributed by atoms with Gasteiger partial charge in [-0.3, -0.25) is 4.90 Å². The minimum Gasteiger partial charge on any atom is -0.495 e. The maximum atomic E-state index is 11.6. The fraction of sp³-hybridized carbons (Fsp3) is 0.208. The molecule has 0 aliphatic heterocycles. The van der Waals surface area contributed by atoms with Crippen LogP contribution < -0.4 is 9.64 Å². The van der Waals surface area contributed by atoms with E-state index in [1.165, 1.54) is 4.90 Å². The van der Waals surface area contributed by atoms with Crippen LogP contribution in [-0.4, -0.2) is 56.9 Å². The van der Waals surface area contributed by atoms with Crippen LogP contribution in [0, 0.1) is 0 Å². The first-order valence-electron chi connectivity index (χ1n) is 10.3. The lowest BCUT2D eigenvalue weighted by Crippen LogP contribution is -2.33. The van der Waals surface area contributed by atoms with Crippen molar-refractivity contribution in [2.24, 2.45) is 0 Å². The number of carbonyl (C=O) groups is 1. The third kappa shape index (κ3) is 5.42. The van der Waals surface area contributed by atoms with Crippen LogP contribution in [0.3, 0.4) is 0 Å². The van der Waals surface area contributed by atoms with Crippen LogP contribution in [0.15, 0.2) is 67.1 Å². The molecular formula is C24H23IN4O4. The number of hydrogen-bond acceptors (Lipinski definition) is 5. The van der Waals surface area contributed by atoms with Crippen LogP contribution in [0.5, 0.6) is 5.75 Å². The third-order valence-corrected chi connectivity index (χ3v) is 5.55. The van der Waals surface area contributed by atoms with Gasteiger partial charge in [-0.15, -0.1) is 0 Å². The van der Waals surface area contributed by atoms with Gasteiger partial charge in [0, 0.05) is 27.9 Å². The fourth-order valence-corrected chi connectivity index (χ4v) is 3.71. The Kier molecular flexibility index (Phi) is 7.40. The van der Waals surface area contributed by atoms with Crippen molar-refractivity contribution in [3.8, 4) is 28.1 Å². The van der Waals surface area contributed by atoms with Gasteiger partial charge >= 0.3 is 6.09 Å². The molecule has 9 heteroatoms. The molecule has 1 aromatic carbocycles. The van der Waals surface area contributed by atoms with E-state index < -0.39 is 6.09 Å². The maximum absolute atomic E-state index is 11.6. The van der Waals surface area contributed by atoms with Gasteiger partial charge in [-0.2, -0.15) is 0 Å². The molecule has 0 spiro atoms. The van der Waals surface area contributed by atoms with Gasteiger partial charge in [0.05, 0.1) is 38.8 Å². The second-order valence-corrected chi connectivity index (χ2v) is 8.26. The number of imidazole rings is 1. The Morgan fingerprint density at radius 2 is 1.79 bits per heavy atom. The second-order valence-electron chi connectivity index (χ2n) is 7.18. The average molecular weight is 558 g/mol. The summed E-state index contributed by atoms with van der Waals surface area (Å²) in [7, 11) is 1.64. The third-order valence-electron chi connectivity index (χ3n) is 5.11. The van der Waals surface area contributed by atoms with E-state index in [0.717, 1.165) is 38.2 Å². The van der Waals surface area contributed by atoms with Crippen LogP contribution in [0.25, 0.3) is 28.0 Å². The molecule has 0 saturated heterocycles. The smallest absolute Gasteiger partial charge is 0.413 e. The highest BCUT2D eigenvalue weighted by atomic mass is 127. The molecule has 8 nitrogen and oxygen atoms in total. The molecule has 0 radical (unpaired) electrons. The summed E-state index contributed by atoms with van der Waals surface area (Å²) in [6.45, 7) is 1.16. The van der Waals surface area contributed by atoms with Gasteiger partial charge < -0.3 is 19.0 Å². The zero-order chi connectivity index (χ0) is 23.2. The summed E-state index contributed by atoms with van der Waals surface area (Å²) < 4.78 is 13.5. The summed E-state index contributed by atoms with van der Waals surface area (Å²) in [6.07, 6.45) is 4.49. The lowest BCUT2D eigenvalue weighted by Gasteiger charge is -2.18. The number of halogens is 1. The van der Waals surface area contributed by atoms with Gasteiger partial charge in [-0.1, -0.05) is 46.9 Å². The van der Waals surface area contributed by atoms with Gasteiger partial charge in [0.2, 0.25) is 0 Å². The number of benzene rings is 1. The van der Waals surface area contributed by atoms with Crippen molar-refractivity contribution < 1.29 is 19.4 Å². The zero-order valence-electron chi connectivity index (χ0n) is 18.0. The Labute approximate surface area is 204 Å². The minimum atomic E-state index is -1.05. The lowest BCUT2D eigenvalue weighted by atomic mass is 10.0. The number of anilines is 1. The van der Waals surface area contributed by atoms with Crippen LogP contribution in [0.4, 0.5) is 10.6 Å². The van der Waals surface area contributed by atoms with E-state index in [1.54, 1.807) is 19.4 Å². The van der Waals surface area contributed by atoms with Crippen LogP contribution >= 0.6 is 22.6 Å². The number of amides is 1. The van der Waals surface area contributed by atoms with Crippen molar-refractivity contribution in [1.82, 2.24) is 14.4 Å². The van der Waals surface area contributed by atoms with Crippen LogP contribution in [-0.2, 0) is 4.74 Å². The summed E-state index contributed by atoms with van der Waals surface area (Å²) in [4.78, 5) is 21.8. The van der Waals surface area contributed by atoms with Gasteiger partial charge in [0.25, 0.3) is 0 Å². The highest BCUT2D eigenvalue weighted by Crippen LogP contribution is 2.26. The van der Waals surface area contributed by atoms with Crippen molar-refractivity contribution in [1.29, 1.82) is 0 Å². The number of pyridine rings is 2. The van der Waals surface area contributed by atoms with Crippen molar-refractivity contribution in [3.05, 3.63) is 67.1 Å². The average Bonchev–Trinajstić information content (AvgIpc) is 3.27. The Bertz CT molecular complexity index is 1230. The number of nitrogens with zero attached hydrogens (tertiary/aromatic N) is 4. The van der Waals surface area contributed by atoms with Gasteiger partial charge in [0.1, 0.15) is 17.2 Å². The standard InChI is InChI=1S/C24H23IN4O4/c1-32-20-7-9-23-27-21(16-28(23)15-20)18-4-2-17(3-5-18)19-6-8-22(26-14-19)29(24(30)31)11-13-33-12-10-25/h2-9,14-16H,10-13H2,1H3,(H,30,31). The SMILES string of the molecule is COc1ccc2nc(-c3ccc(-c4ccc(N(CCOCCI)C(=O)O)nc4)cc3)cn2c1. The number of aromatic nitrogens is 3. The Morgan fingerprint density at radius 1 is 1.03 bits per heavy atom. The molecule has 1 amide bonds. The largest absolute Gasteiger partial charge is 0.495 e. The summed E-state index contributed by atoms with van der Waals surface area (Å²) >= 11 is 2.21. The van der Waals surface area contributed by atoms with E-state index in [2.05, 4.69) is 32.6 Å². The number of alkyl halides is 1. The molecule has 33 heavy (non-hydrogen) atoms. The first kappa shape index (κ1) is 23.0. The molecular weight excluding hydrogens is 535 g/mol. The van der Waals surface area contributed by atoms with E-state index in [1.807, 2.05) is 59.3 Å². The molecule has 0 bridgehead atoms. The molecule has 4 rings (SSSR count). The molecule has 1 N–H and O–H groups in total.